The van der Waals surface area contributed by atoms with Crippen molar-refractivity contribution in [3.63, 3.8) is 0 Å². The van der Waals surface area contributed by atoms with Crippen molar-refractivity contribution in [3.05, 3.63) is 36.2 Å². The summed E-state index contributed by atoms with van der Waals surface area (Å²) in [5.41, 5.74) is -0.315. The van der Waals surface area contributed by atoms with Gasteiger partial charge in [0.15, 0.2) is 0 Å². The molecule has 0 radical (unpaired) electrons. The molecule has 182 valence electrons. The van der Waals surface area contributed by atoms with Crippen LogP contribution in [0.15, 0.2) is 30.6 Å². The van der Waals surface area contributed by atoms with Gasteiger partial charge in [0.25, 0.3) is 0 Å². The molecule has 1 saturated carbocycles. The Morgan fingerprint density at radius 2 is 2.00 bits per heavy atom. The molecule has 1 aliphatic carbocycles. The Hall–Kier alpha value is -2.86. The van der Waals surface area contributed by atoms with Gasteiger partial charge in [0, 0.05) is 35.9 Å². The van der Waals surface area contributed by atoms with Crippen molar-refractivity contribution in [1.29, 1.82) is 0 Å². The first kappa shape index (κ1) is 22.9. The third-order valence-electron chi connectivity index (χ3n) is 6.11. The van der Waals surface area contributed by atoms with Crippen LogP contribution in [0.3, 0.4) is 0 Å². The number of H-pyrrole nitrogens is 1. The second kappa shape index (κ2) is 8.73. The van der Waals surface area contributed by atoms with Gasteiger partial charge in [-0.3, -0.25) is 4.72 Å². The fourth-order valence-electron chi connectivity index (χ4n) is 4.26. The number of hydrogen-bond donors (Lipinski definition) is 4. The Morgan fingerprint density at radius 3 is 2.71 bits per heavy atom. The molecule has 1 saturated heterocycles. The Labute approximate surface area is 194 Å². The summed E-state index contributed by atoms with van der Waals surface area (Å²) in [6.07, 6.45) is 1.15. The van der Waals surface area contributed by atoms with Gasteiger partial charge in [-0.15, -0.1) is 0 Å². The van der Waals surface area contributed by atoms with Gasteiger partial charge in [-0.1, -0.05) is 12.1 Å². The smallest absolute Gasteiger partial charge is 0.359 e. The van der Waals surface area contributed by atoms with Crippen LogP contribution in [0.5, 0.6) is 0 Å². The molecule has 0 amide bonds. The maximum atomic E-state index is 13.8. The molecule has 8 nitrogen and oxygen atoms in total. The van der Waals surface area contributed by atoms with Crippen LogP contribution >= 0.6 is 0 Å². The van der Waals surface area contributed by atoms with Crippen molar-refractivity contribution in [2.45, 2.75) is 37.9 Å². The van der Waals surface area contributed by atoms with E-state index in [0.29, 0.717) is 23.1 Å². The third kappa shape index (κ3) is 4.97. The average molecular weight is 495 g/mol. The summed E-state index contributed by atoms with van der Waals surface area (Å²) in [7, 11) is -3.56. The van der Waals surface area contributed by atoms with Crippen molar-refractivity contribution in [2.75, 3.05) is 28.9 Å². The summed E-state index contributed by atoms with van der Waals surface area (Å²) in [6.45, 7) is 1.58. The lowest BCUT2D eigenvalue weighted by Gasteiger charge is -2.24. The summed E-state index contributed by atoms with van der Waals surface area (Å²) in [5, 5.41) is 6.79. The first-order chi connectivity index (χ1) is 16.2. The van der Waals surface area contributed by atoms with Crippen LogP contribution in [-0.4, -0.2) is 48.3 Å². The molecule has 0 bridgehead atoms. The number of aromatic nitrogens is 3. The predicted octanol–water partition coefficient (Wildman–Crippen LogP) is 3.96. The molecule has 4 N–H and O–H groups in total. The molecule has 1 atom stereocenters. The highest BCUT2D eigenvalue weighted by molar-refractivity contribution is 7.92. The van der Waals surface area contributed by atoms with E-state index in [1.54, 1.807) is 18.2 Å². The molecule has 2 fully saturated rings. The van der Waals surface area contributed by atoms with Gasteiger partial charge in [0.05, 0.1) is 22.7 Å². The van der Waals surface area contributed by atoms with E-state index in [4.69, 9.17) is 0 Å². The first-order valence-electron chi connectivity index (χ1n) is 11.2. The molecular weight excluding hydrogens is 469 g/mol. The maximum Gasteiger partial charge on any atom is 0.419 e. The van der Waals surface area contributed by atoms with E-state index in [9.17, 15) is 21.6 Å². The van der Waals surface area contributed by atoms with Gasteiger partial charge in [-0.05, 0) is 44.2 Å². The minimum atomic E-state index is -4.66. The molecule has 3 aromatic rings. The number of sulfonamides is 1. The SMILES string of the molecule is O=S(=O)(CC1CC1)Nc1cccc2c(-c3nc(N[C@H]4CCCNC4)ncc3C(F)(F)F)c[nH]c12. The molecule has 1 aromatic carbocycles. The Balaban J connectivity index is 1.53. The minimum Gasteiger partial charge on any atom is -0.359 e. The number of piperidine rings is 1. The molecule has 3 heterocycles. The predicted molar refractivity (Wildman–Crippen MR) is 124 cm³/mol. The van der Waals surface area contributed by atoms with E-state index in [-0.39, 0.29) is 34.9 Å². The van der Waals surface area contributed by atoms with Crippen molar-refractivity contribution in [2.24, 2.45) is 5.92 Å². The van der Waals surface area contributed by atoms with Gasteiger partial charge in [0.1, 0.15) is 5.56 Å². The highest BCUT2D eigenvalue weighted by Gasteiger charge is 2.36. The molecule has 2 aromatic heterocycles. The number of alkyl halides is 3. The number of anilines is 2. The zero-order valence-electron chi connectivity index (χ0n) is 18.2. The number of hydrogen-bond acceptors (Lipinski definition) is 6. The summed E-state index contributed by atoms with van der Waals surface area (Å²) in [5.74, 6) is 0.315. The molecular formula is C22H25F3N6O2S. The fourth-order valence-corrected chi connectivity index (χ4v) is 5.80. The first-order valence-corrected chi connectivity index (χ1v) is 12.9. The third-order valence-corrected chi connectivity index (χ3v) is 7.55. The quantitative estimate of drug-likeness (QED) is 0.396. The largest absolute Gasteiger partial charge is 0.419 e. The summed E-state index contributed by atoms with van der Waals surface area (Å²) in [4.78, 5) is 11.1. The van der Waals surface area contributed by atoms with E-state index in [0.717, 1.165) is 38.4 Å². The number of aromatic amines is 1. The van der Waals surface area contributed by atoms with Gasteiger partial charge in [-0.25, -0.2) is 18.4 Å². The maximum absolute atomic E-state index is 13.8. The second-order valence-electron chi connectivity index (χ2n) is 8.90. The normalized spacial score (nSPS) is 19.3. The van der Waals surface area contributed by atoms with Crippen molar-refractivity contribution in [1.82, 2.24) is 20.3 Å². The van der Waals surface area contributed by atoms with Crippen LogP contribution in [0.1, 0.15) is 31.2 Å². The molecule has 12 heteroatoms. The van der Waals surface area contributed by atoms with Crippen LogP contribution in [0.2, 0.25) is 0 Å². The Morgan fingerprint density at radius 1 is 1.18 bits per heavy atom. The molecule has 0 spiro atoms. The van der Waals surface area contributed by atoms with Crippen LogP contribution in [0.4, 0.5) is 24.8 Å². The topological polar surface area (TPSA) is 112 Å². The Kier molecular flexibility index (Phi) is 5.88. The number of nitrogens with zero attached hydrogens (tertiary/aromatic N) is 2. The number of halogens is 3. The lowest BCUT2D eigenvalue weighted by atomic mass is 10.1. The lowest BCUT2D eigenvalue weighted by molar-refractivity contribution is -0.137. The van der Waals surface area contributed by atoms with E-state index in [2.05, 4.69) is 30.3 Å². The van der Waals surface area contributed by atoms with E-state index in [1.165, 1.54) is 6.20 Å². The summed E-state index contributed by atoms with van der Waals surface area (Å²) in [6, 6.07) is 4.85. The number of nitrogens with one attached hydrogen (secondary N) is 4. The minimum absolute atomic E-state index is 0.0220. The van der Waals surface area contributed by atoms with Crippen LogP contribution in [0, 0.1) is 5.92 Å². The van der Waals surface area contributed by atoms with E-state index >= 15 is 0 Å². The second-order valence-corrected chi connectivity index (χ2v) is 10.7. The molecule has 5 rings (SSSR count). The number of fused-ring (bicyclic) bond motifs is 1. The monoisotopic (exact) mass is 494 g/mol. The van der Waals surface area contributed by atoms with E-state index in [1.807, 2.05) is 0 Å². The van der Waals surface area contributed by atoms with Crippen LogP contribution in [0.25, 0.3) is 22.2 Å². The average Bonchev–Trinajstić information content (AvgIpc) is 3.47. The van der Waals surface area contributed by atoms with Crippen molar-refractivity contribution in [3.8, 4) is 11.3 Å². The standard InChI is InChI=1S/C22H25F3N6O2S/c23-22(24,25)17-11-28-21(29-14-3-2-8-26-9-14)30-19(17)16-10-27-20-15(16)4-1-5-18(20)31-34(32,33)12-13-6-7-13/h1,4-5,10-11,13-14,26-27,31H,2-3,6-9,12H2,(H,28,29,30)/t14-/m0/s1. The van der Waals surface area contributed by atoms with Gasteiger partial charge >= 0.3 is 6.18 Å². The highest BCUT2D eigenvalue weighted by atomic mass is 32.2. The van der Waals surface area contributed by atoms with Crippen LogP contribution < -0.4 is 15.4 Å². The number of benzene rings is 1. The summed E-state index contributed by atoms with van der Waals surface area (Å²) < 4.78 is 69.1. The lowest BCUT2D eigenvalue weighted by Crippen LogP contribution is -2.38. The molecule has 0 unspecified atom stereocenters. The zero-order valence-corrected chi connectivity index (χ0v) is 19.1. The Bertz CT molecular complexity index is 1300. The fraction of sp³-hybridized carbons (Fsp3) is 0.455. The van der Waals surface area contributed by atoms with Gasteiger partial charge in [0.2, 0.25) is 16.0 Å². The molecule has 1 aliphatic heterocycles. The summed E-state index contributed by atoms with van der Waals surface area (Å²) >= 11 is 0. The van der Waals surface area contributed by atoms with Gasteiger partial charge in [-0.2, -0.15) is 13.2 Å². The zero-order chi connectivity index (χ0) is 23.9. The molecule has 34 heavy (non-hydrogen) atoms. The van der Waals surface area contributed by atoms with Crippen LogP contribution in [-0.2, 0) is 16.2 Å². The van der Waals surface area contributed by atoms with Gasteiger partial charge < -0.3 is 15.6 Å². The van der Waals surface area contributed by atoms with Crippen molar-refractivity contribution < 1.29 is 21.6 Å². The number of rotatable bonds is 7. The van der Waals surface area contributed by atoms with Crippen molar-refractivity contribution >= 4 is 32.6 Å². The van der Waals surface area contributed by atoms with E-state index < -0.39 is 21.8 Å². The highest BCUT2D eigenvalue weighted by Crippen LogP contribution is 2.40. The number of para-hydroxylation sites is 1. The molecule has 2 aliphatic rings.